The molecule has 0 saturated carbocycles. The second kappa shape index (κ2) is 7.34. The van der Waals surface area contributed by atoms with Gasteiger partial charge >= 0.3 is 0 Å². The average molecular weight is 341 g/mol. The lowest BCUT2D eigenvalue weighted by Gasteiger charge is -2.20. The molecular weight excluding hydrogens is 321 g/mol. The summed E-state index contributed by atoms with van der Waals surface area (Å²) < 4.78 is 14.1. The number of oxime groups is 1. The number of carbonyl (C=O) groups is 1. The lowest BCUT2D eigenvalue weighted by Crippen LogP contribution is -2.25. The molecule has 2 aromatic carbocycles. The maximum Gasteiger partial charge on any atom is 0.229 e. The summed E-state index contributed by atoms with van der Waals surface area (Å²) in [7, 11) is 1.53. The third-order valence-corrected chi connectivity index (χ3v) is 4.33. The lowest BCUT2D eigenvalue weighted by atomic mass is 9.90. The van der Waals surface area contributed by atoms with E-state index in [9.17, 15) is 9.18 Å². The van der Waals surface area contributed by atoms with Gasteiger partial charge in [-0.15, -0.1) is 0 Å². The van der Waals surface area contributed by atoms with E-state index in [1.165, 1.54) is 13.2 Å². The Morgan fingerprint density at radius 2 is 1.96 bits per heavy atom. The van der Waals surface area contributed by atoms with Gasteiger partial charge in [-0.1, -0.05) is 35.5 Å². The van der Waals surface area contributed by atoms with E-state index < -0.39 is 17.6 Å². The quantitative estimate of drug-likeness (QED) is 0.850. The maximum atomic E-state index is 14.1. The van der Waals surface area contributed by atoms with E-state index >= 15 is 0 Å². The molecule has 6 heteroatoms. The largest absolute Gasteiger partial charge is 0.398 e. The molecule has 1 aliphatic rings. The summed E-state index contributed by atoms with van der Waals surface area (Å²) in [5.41, 5.74) is 7.43. The highest BCUT2D eigenvalue weighted by Gasteiger charge is 2.25. The molecule has 1 saturated heterocycles. The van der Waals surface area contributed by atoms with Gasteiger partial charge in [0.05, 0.1) is 5.92 Å². The standard InChI is InChI=1S/C19H20FN3O2/c1-25-22-17-7-4-12-23(17)14-10-8-13(9-11-14)18(19(21)24)15-5-2-3-6-16(15)20/h2-3,5-6,8-11,18H,4,7,12H2,1H3,(H2,21,24). The van der Waals surface area contributed by atoms with Crippen LogP contribution < -0.4 is 10.6 Å². The molecule has 2 aromatic rings. The zero-order valence-electron chi connectivity index (χ0n) is 14.0. The van der Waals surface area contributed by atoms with E-state index in [0.717, 1.165) is 30.9 Å². The number of rotatable bonds is 5. The van der Waals surface area contributed by atoms with Gasteiger partial charge in [0.15, 0.2) is 0 Å². The molecule has 1 aliphatic heterocycles. The van der Waals surface area contributed by atoms with E-state index in [4.69, 9.17) is 10.6 Å². The minimum atomic E-state index is -0.819. The number of nitrogens with zero attached hydrogens (tertiary/aromatic N) is 2. The first kappa shape index (κ1) is 17.0. The molecule has 0 radical (unpaired) electrons. The third kappa shape index (κ3) is 3.47. The van der Waals surface area contributed by atoms with Crippen LogP contribution in [0.4, 0.5) is 10.1 Å². The molecule has 1 amide bonds. The second-order valence-electron chi connectivity index (χ2n) is 5.89. The fraction of sp³-hybridized carbons (Fsp3) is 0.263. The number of halogens is 1. The van der Waals surface area contributed by atoms with Gasteiger partial charge in [-0.2, -0.15) is 0 Å². The van der Waals surface area contributed by atoms with Crippen molar-refractivity contribution in [1.82, 2.24) is 0 Å². The van der Waals surface area contributed by atoms with Crippen LogP contribution >= 0.6 is 0 Å². The molecule has 0 spiro atoms. The zero-order valence-corrected chi connectivity index (χ0v) is 14.0. The first-order valence-electron chi connectivity index (χ1n) is 8.13. The van der Waals surface area contributed by atoms with Crippen LogP contribution in [0, 0.1) is 5.82 Å². The minimum Gasteiger partial charge on any atom is -0.398 e. The zero-order chi connectivity index (χ0) is 17.8. The first-order chi connectivity index (χ1) is 12.1. The SMILES string of the molecule is CON=C1CCCN1c1ccc(C(C(N)=O)c2ccccc2F)cc1. The van der Waals surface area contributed by atoms with Gasteiger partial charge in [0.25, 0.3) is 0 Å². The van der Waals surface area contributed by atoms with E-state index in [1.807, 2.05) is 12.1 Å². The number of nitrogens with two attached hydrogens (primary N) is 1. The van der Waals surface area contributed by atoms with Crippen molar-refractivity contribution >= 4 is 17.4 Å². The first-order valence-corrected chi connectivity index (χ1v) is 8.13. The van der Waals surface area contributed by atoms with Gasteiger partial charge in [-0.3, -0.25) is 4.79 Å². The van der Waals surface area contributed by atoms with Crippen LogP contribution in [0.2, 0.25) is 0 Å². The van der Waals surface area contributed by atoms with Gasteiger partial charge in [-0.05, 0) is 30.2 Å². The molecule has 1 heterocycles. The summed E-state index contributed by atoms with van der Waals surface area (Å²) in [6.07, 6.45) is 1.86. The summed E-state index contributed by atoms with van der Waals surface area (Å²) >= 11 is 0. The molecule has 25 heavy (non-hydrogen) atoms. The highest BCUT2D eigenvalue weighted by atomic mass is 19.1. The van der Waals surface area contributed by atoms with Gasteiger partial charge in [0.1, 0.15) is 18.8 Å². The molecule has 0 bridgehead atoms. The number of benzene rings is 2. The van der Waals surface area contributed by atoms with Gasteiger partial charge < -0.3 is 15.5 Å². The molecule has 5 nitrogen and oxygen atoms in total. The maximum absolute atomic E-state index is 14.1. The molecule has 0 aliphatic carbocycles. The fourth-order valence-corrected chi connectivity index (χ4v) is 3.19. The highest BCUT2D eigenvalue weighted by molar-refractivity contribution is 5.99. The van der Waals surface area contributed by atoms with Crippen LogP contribution in [0.1, 0.15) is 29.9 Å². The summed E-state index contributed by atoms with van der Waals surface area (Å²) in [6.45, 7) is 0.855. The van der Waals surface area contributed by atoms with Crippen LogP contribution in [0.3, 0.4) is 0 Å². The fourth-order valence-electron chi connectivity index (χ4n) is 3.19. The number of anilines is 1. The monoisotopic (exact) mass is 341 g/mol. The molecule has 1 atom stereocenters. The molecule has 130 valence electrons. The minimum absolute atomic E-state index is 0.283. The van der Waals surface area contributed by atoms with Crippen LogP contribution in [0.15, 0.2) is 53.7 Å². The Labute approximate surface area is 145 Å². The van der Waals surface area contributed by atoms with Crippen LogP contribution in [0.25, 0.3) is 0 Å². The summed E-state index contributed by atoms with van der Waals surface area (Å²) in [5, 5.41) is 4.05. The van der Waals surface area contributed by atoms with Crippen LogP contribution in [0.5, 0.6) is 0 Å². The number of hydrogen-bond donors (Lipinski definition) is 1. The number of carbonyl (C=O) groups excluding carboxylic acids is 1. The van der Waals surface area contributed by atoms with Crippen LogP contribution in [-0.2, 0) is 9.63 Å². The Morgan fingerprint density at radius 1 is 1.24 bits per heavy atom. The Hall–Kier alpha value is -2.89. The highest BCUT2D eigenvalue weighted by Crippen LogP contribution is 2.29. The molecule has 1 unspecified atom stereocenters. The van der Waals surface area contributed by atoms with Crippen molar-refractivity contribution in [3.63, 3.8) is 0 Å². The molecule has 3 rings (SSSR count). The predicted octanol–water partition coefficient (Wildman–Crippen LogP) is 3.00. The van der Waals surface area contributed by atoms with Crippen molar-refractivity contribution in [2.24, 2.45) is 10.9 Å². The summed E-state index contributed by atoms with van der Waals surface area (Å²) in [6, 6.07) is 13.6. The van der Waals surface area contributed by atoms with Crippen molar-refractivity contribution in [3.8, 4) is 0 Å². The number of amidine groups is 1. The number of primary amides is 1. The Morgan fingerprint density at radius 3 is 2.60 bits per heavy atom. The van der Waals surface area contributed by atoms with E-state index in [0.29, 0.717) is 5.56 Å². The summed E-state index contributed by atoms with van der Waals surface area (Å²) in [5.74, 6) is -0.971. The molecular formula is C19H20FN3O2. The van der Waals surface area contributed by atoms with E-state index in [2.05, 4.69) is 10.1 Å². The van der Waals surface area contributed by atoms with Gasteiger partial charge in [0.2, 0.25) is 5.91 Å². The lowest BCUT2D eigenvalue weighted by molar-refractivity contribution is -0.118. The van der Waals surface area contributed by atoms with E-state index in [1.54, 1.807) is 30.3 Å². The van der Waals surface area contributed by atoms with Gasteiger partial charge in [0, 0.05) is 24.2 Å². The topological polar surface area (TPSA) is 67.9 Å². The third-order valence-electron chi connectivity index (χ3n) is 4.33. The van der Waals surface area contributed by atoms with Crippen molar-refractivity contribution in [2.45, 2.75) is 18.8 Å². The molecule has 2 N–H and O–H groups in total. The number of amides is 1. The van der Waals surface area contributed by atoms with Crippen molar-refractivity contribution in [2.75, 3.05) is 18.6 Å². The smallest absolute Gasteiger partial charge is 0.229 e. The number of hydrogen-bond acceptors (Lipinski definition) is 3. The normalized spacial score (nSPS) is 16.9. The Bertz CT molecular complexity index is 790. The Kier molecular flexibility index (Phi) is 4.97. The average Bonchev–Trinajstić information content (AvgIpc) is 3.06. The van der Waals surface area contributed by atoms with Crippen molar-refractivity contribution in [3.05, 3.63) is 65.5 Å². The predicted molar refractivity (Wildman–Crippen MR) is 94.9 cm³/mol. The van der Waals surface area contributed by atoms with E-state index in [-0.39, 0.29) is 5.56 Å². The van der Waals surface area contributed by atoms with Crippen molar-refractivity contribution in [1.29, 1.82) is 0 Å². The van der Waals surface area contributed by atoms with Crippen LogP contribution in [-0.4, -0.2) is 25.4 Å². The Balaban J connectivity index is 1.91. The molecule has 0 aromatic heterocycles. The second-order valence-corrected chi connectivity index (χ2v) is 5.89. The van der Waals surface area contributed by atoms with Gasteiger partial charge in [-0.25, -0.2) is 4.39 Å². The van der Waals surface area contributed by atoms with Crippen molar-refractivity contribution < 1.29 is 14.0 Å². The summed E-state index contributed by atoms with van der Waals surface area (Å²) in [4.78, 5) is 18.9. The molecule has 1 fully saturated rings.